The molecule has 0 aromatic carbocycles. The van der Waals surface area contributed by atoms with E-state index in [9.17, 15) is 0 Å². The van der Waals surface area contributed by atoms with Crippen LogP contribution in [-0.4, -0.2) is 16.1 Å². The van der Waals surface area contributed by atoms with E-state index in [0.29, 0.717) is 6.54 Å². The lowest BCUT2D eigenvalue weighted by Crippen LogP contribution is -2.04. The lowest BCUT2D eigenvalue weighted by atomic mass is 10.4. The summed E-state index contributed by atoms with van der Waals surface area (Å²) < 4.78 is 1.97. The molecule has 3 nitrogen and oxygen atoms in total. The molecular formula is C6H11N3S. The summed E-state index contributed by atoms with van der Waals surface area (Å²) in [4.78, 5) is 3.92. The molecule has 0 atom stereocenters. The van der Waals surface area contributed by atoms with Gasteiger partial charge in [-0.25, -0.2) is 4.98 Å². The second-order valence-corrected chi connectivity index (χ2v) is 2.55. The van der Waals surface area contributed by atoms with Crippen LogP contribution >= 0.6 is 12.6 Å². The highest BCUT2D eigenvalue weighted by Crippen LogP contribution is 2.03. The zero-order valence-corrected chi connectivity index (χ0v) is 6.59. The highest BCUT2D eigenvalue weighted by Gasteiger charge is 1.93. The van der Waals surface area contributed by atoms with Gasteiger partial charge < -0.3 is 10.3 Å². The third-order valence-electron chi connectivity index (χ3n) is 1.29. The number of aromatic nitrogens is 2. The molecule has 0 aliphatic rings. The predicted octanol–water partition coefficient (Wildman–Crippen LogP) is 0.521. The third-order valence-corrected chi connectivity index (χ3v) is 1.67. The summed E-state index contributed by atoms with van der Waals surface area (Å²) in [6.45, 7) is 1.63. The molecule has 0 radical (unpaired) electrons. The van der Waals surface area contributed by atoms with Crippen LogP contribution in [0, 0.1) is 0 Å². The lowest BCUT2D eigenvalue weighted by molar-refractivity contribution is 0.612. The summed E-state index contributed by atoms with van der Waals surface area (Å²) in [5, 5.41) is 0.897. The Balaban J connectivity index is 2.49. The van der Waals surface area contributed by atoms with Crippen LogP contribution in [0.4, 0.5) is 0 Å². The van der Waals surface area contributed by atoms with Crippen molar-refractivity contribution in [3.63, 3.8) is 0 Å². The maximum absolute atomic E-state index is 5.34. The van der Waals surface area contributed by atoms with Crippen molar-refractivity contribution >= 4 is 12.6 Å². The van der Waals surface area contributed by atoms with Crippen LogP contribution in [0.15, 0.2) is 17.6 Å². The number of hydrogen-bond acceptors (Lipinski definition) is 3. The van der Waals surface area contributed by atoms with Crippen LogP contribution in [0.5, 0.6) is 0 Å². The van der Waals surface area contributed by atoms with Crippen molar-refractivity contribution in [2.75, 3.05) is 6.54 Å². The van der Waals surface area contributed by atoms with Gasteiger partial charge in [-0.2, -0.15) is 0 Å². The minimum absolute atomic E-state index is 0.714. The van der Waals surface area contributed by atoms with Gasteiger partial charge in [0.25, 0.3) is 0 Å². The molecule has 2 N–H and O–H groups in total. The van der Waals surface area contributed by atoms with Crippen molar-refractivity contribution in [1.29, 1.82) is 0 Å². The molecule has 0 spiro atoms. The van der Waals surface area contributed by atoms with E-state index in [0.717, 1.165) is 18.0 Å². The molecule has 0 amide bonds. The molecule has 1 rings (SSSR count). The number of imidazole rings is 1. The fourth-order valence-corrected chi connectivity index (χ4v) is 0.966. The third kappa shape index (κ3) is 1.75. The summed E-state index contributed by atoms with van der Waals surface area (Å²) >= 11 is 4.18. The van der Waals surface area contributed by atoms with Crippen LogP contribution in [0.2, 0.25) is 0 Å². The molecule has 0 aliphatic carbocycles. The van der Waals surface area contributed by atoms with Gasteiger partial charge in [0.15, 0.2) is 0 Å². The van der Waals surface area contributed by atoms with Gasteiger partial charge in [-0.1, -0.05) is 0 Å². The Hall–Kier alpha value is -0.480. The summed E-state index contributed by atoms with van der Waals surface area (Å²) in [7, 11) is 0. The first-order valence-corrected chi connectivity index (χ1v) is 3.68. The van der Waals surface area contributed by atoms with Gasteiger partial charge in [-0.05, 0) is 13.0 Å². The lowest BCUT2D eigenvalue weighted by Gasteiger charge is -2.00. The largest absolute Gasteiger partial charge is 0.330 e. The number of nitrogens with zero attached hydrogens (tertiary/aromatic N) is 2. The van der Waals surface area contributed by atoms with E-state index < -0.39 is 0 Å². The van der Waals surface area contributed by atoms with E-state index in [2.05, 4.69) is 17.6 Å². The maximum Gasteiger partial charge on any atom is 0.0954 e. The second-order valence-electron chi connectivity index (χ2n) is 2.09. The van der Waals surface area contributed by atoms with Crippen LogP contribution in [0.3, 0.4) is 0 Å². The quantitative estimate of drug-likeness (QED) is 0.628. The van der Waals surface area contributed by atoms with Gasteiger partial charge in [-0.15, -0.1) is 12.6 Å². The molecule has 0 saturated carbocycles. The Morgan fingerprint density at radius 2 is 2.50 bits per heavy atom. The van der Waals surface area contributed by atoms with E-state index in [1.807, 2.05) is 4.57 Å². The molecule has 10 heavy (non-hydrogen) atoms. The summed E-state index contributed by atoms with van der Waals surface area (Å²) in [5.41, 5.74) is 5.34. The normalized spacial score (nSPS) is 10.2. The average molecular weight is 157 g/mol. The zero-order chi connectivity index (χ0) is 7.40. The first kappa shape index (κ1) is 7.63. The minimum atomic E-state index is 0.714. The van der Waals surface area contributed by atoms with Gasteiger partial charge in [-0.3, -0.25) is 0 Å². The fourth-order valence-electron chi connectivity index (χ4n) is 0.748. The summed E-state index contributed by atoms with van der Waals surface area (Å²) in [6, 6.07) is 0. The summed E-state index contributed by atoms with van der Waals surface area (Å²) in [6.07, 6.45) is 4.46. The highest BCUT2D eigenvalue weighted by atomic mass is 32.1. The SMILES string of the molecule is NCCCn1cncc1S. The fraction of sp³-hybridized carbons (Fsp3) is 0.500. The van der Waals surface area contributed by atoms with E-state index in [4.69, 9.17) is 5.73 Å². The van der Waals surface area contributed by atoms with Crippen molar-refractivity contribution in [2.24, 2.45) is 5.73 Å². The van der Waals surface area contributed by atoms with Crippen molar-refractivity contribution in [3.05, 3.63) is 12.5 Å². The average Bonchev–Trinajstić information content (AvgIpc) is 2.31. The Morgan fingerprint density at radius 1 is 1.70 bits per heavy atom. The van der Waals surface area contributed by atoms with Gasteiger partial charge in [0.2, 0.25) is 0 Å². The standard InChI is InChI=1S/C6H11N3S/c7-2-1-3-9-5-8-4-6(9)10/h4-5,10H,1-3,7H2. The monoisotopic (exact) mass is 157 g/mol. The van der Waals surface area contributed by atoms with E-state index in [1.54, 1.807) is 12.5 Å². The number of thiol groups is 1. The van der Waals surface area contributed by atoms with E-state index in [-0.39, 0.29) is 0 Å². The summed E-state index contributed by atoms with van der Waals surface area (Å²) in [5.74, 6) is 0. The van der Waals surface area contributed by atoms with Gasteiger partial charge >= 0.3 is 0 Å². The topological polar surface area (TPSA) is 43.8 Å². The number of nitrogens with two attached hydrogens (primary N) is 1. The number of hydrogen-bond donors (Lipinski definition) is 2. The predicted molar refractivity (Wildman–Crippen MR) is 43.2 cm³/mol. The van der Waals surface area contributed by atoms with Gasteiger partial charge in [0.1, 0.15) is 0 Å². The maximum atomic E-state index is 5.34. The van der Waals surface area contributed by atoms with Crippen LogP contribution < -0.4 is 5.73 Å². The van der Waals surface area contributed by atoms with Crippen molar-refractivity contribution in [3.8, 4) is 0 Å². The Bertz CT molecular complexity index is 197. The second kappa shape index (κ2) is 3.63. The van der Waals surface area contributed by atoms with Gasteiger partial charge in [0, 0.05) is 6.54 Å². The van der Waals surface area contributed by atoms with Crippen molar-refractivity contribution in [2.45, 2.75) is 18.0 Å². The van der Waals surface area contributed by atoms with Crippen LogP contribution in [0.1, 0.15) is 6.42 Å². The first-order chi connectivity index (χ1) is 4.84. The molecule has 4 heteroatoms. The highest BCUT2D eigenvalue weighted by molar-refractivity contribution is 7.80. The molecule has 0 aliphatic heterocycles. The smallest absolute Gasteiger partial charge is 0.0954 e. The minimum Gasteiger partial charge on any atom is -0.330 e. The molecule has 1 heterocycles. The zero-order valence-electron chi connectivity index (χ0n) is 5.70. The molecule has 0 bridgehead atoms. The Morgan fingerprint density at radius 3 is 3.00 bits per heavy atom. The number of aryl methyl sites for hydroxylation is 1. The molecule has 0 unspecified atom stereocenters. The molecular weight excluding hydrogens is 146 g/mol. The molecule has 0 fully saturated rings. The molecule has 56 valence electrons. The van der Waals surface area contributed by atoms with Crippen LogP contribution in [-0.2, 0) is 6.54 Å². The first-order valence-electron chi connectivity index (χ1n) is 3.23. The van der Waals surface area contributed by atoms with Gasteiger partial charge in [0.05, 0.1) is 17.6 Å². The Kier molecular flexibility index (Phi) is 2.77. The molecule has 1 aromatic rings. The van der Waals surface area contributed by atoms with Crippen molar-refractivity contribution < 1.29 is 0 Å². The van der Waals surface area contributed by atoms with E-state index in [1.165, 1.54) is 0 Å². The molecule has 0 saturated heterocycles. The van der Waals surface area contributed by atoms with Crippen molar-refractivity contribution in [1.82, 2.24) is 9.55 Å². The Labute approximate surface area is 65.7 Å². The molecule has 1 aromatic heterocycles. The number of rotatable bonds is 3. The van der Waals surface area contributed by atoms with Crippen LogP contribution in [0.25, 0.3) is 0 Å². The van der Waals surface area contributed by atoms with E-state index >= 15 is 0 Å².